The maximum atomic E-state index is 12.0. The van der Waals surface area contributed by atoms with Gasteiger partial charge in [-0.25, -0.2) is 0 Å². The Balaban J connectivity index is 1.80. The molecular weight excluding hydrogens is 206 g/mol. The Morgan fingerprint density at radius 2 is 2.31 bits per heavy atom. The quantitative estimate of drug-likeness (QED) is 0.711. The first-order chi connectivity index (χ1) is 7.75. The standard InChI is InChI=1S/C12H21NO3/c1-10-7-13(4-2-5-16-10)8-12(14)11-3-6-15-9-11/h10-11H,2-9H2,1H3. The summed E-state index contributed by atoms with van der Waals surface area (Å²) in [6.07, 6.45) is 2.17. The van der Waals surface area contributed by atoms with Crippen LogP contribution in [-0.4, -0.2) is 56.2 Å². The van der Waals surface area contributed by atoms with Crippen LogP contribution >= 0.6 is 0 Å². The molecule has 2 saturated heterocycles. The van der Waals surface area contributed by atoms with E-state index in [2.05, 4.69) is 11.8 Å². The summed E-state index contributed by atoms with van der Waals surface area (Å²) in [5, 5.41) is 0. The number of Topliss-reactive ketones (excluding diaryl/α,β-unsaturated/α-hetero) is 1. The number of hydrogen-bond donors (Lipinski definition) is 0. The van der Waals surface area contributed by atoms with E-state index in [0.717, 1.165) is 39.1 Å². The molecule has 2 fully saturated rings. The van der Waals surface area contributed by atoms with Crippen molar-refractivity contribution >= 4 is 5.78 Å². The second kappa shape index (κ2) is 5.75. The Morgan fingerprint density at radius 3 is 3.06 bits per heavy atom. The number of ether oxygens (including phenoxy) is 2. The SMILES string of the molecule is CC1CN(CC(=O)C2CCOC2)CCCO1. The molecule has 0 aliphatic carbocycles. The third kappa shape index (κ3) is 3.27. The first-order valence-electron chi connectivity index (χ1n) is 6.20. The highest BCUT2D eigenvalue weighted by molar-refractivity contribution is 5.83. The highest BCUT2D eigenvalue weighted by atomic mass is 16.5. The van der Waals surface area contributed by atoms with Gasteiger partial charge < -0.3 is 9.47 Å². The molecule has 0 N–H and O–H groups in total. The normalized spacial score (nSPS) is 32.6. The van der Waals surface area contributed by atoms with E-state index in [1.807, 2.05) is 0 Å². The van der Waals surface area contributed by atoms with Crippen LogP contribution in [0.2, 0.25) is 0 Å². The fourth-order valence-electron chi connectivity index (χ4n) is 2.36. The molecule has 2 atom stereocenters. The van der Waals surface area contributed by atoms with Crippen LogP contribution in [-0.2, 0) is 14.3 Å². The predicted molar refractivity (Wildman–Crippen MR) is 60.4 cm³/mol. The van der Waals surface area contributed by atoms with Crippen LogP contribution in [0.15, 0.2) is 0 Å². The Morgan fingerprint density at radius 1 is 1.44 bits per heavy atom. The highest BCUT2D eigenvalue weighted by Gasteiger charge is 2.26. The zero-order chi connectivity index (χ0) is 11.4. The van der Waals surface area contributed by atoms with Gasteiger partial charge in [0.1, 0.15) is 0 Å². The molecule has 4 heteroatoms. The summed E-state index contributed by atoms with van der Waals surface area (Å²) in [7, 11) is 0. The second-order valence-electron chi connectivity index (χ2n) is 4.80. The number of ketones is 1. The molecule has 92 valence electrons. The van der Waals surface area contributed by atoms with Crippen LogP contribution in [0.3, 0.4) is 0 Å². The number of carbonyl (C=O) groups excluding carboxylic acids is 1. The second-order valence-corrected chi connectivity index (χ2v) is 4.80. The van der Waals surface area contributed by atoms with E-state index in [4.69, 9.17) is 9.47 Å². The lowest BCUT2D eigenvalue weighted by Crippen LogP contribution is -2.37. The largest absolute Gasteiger partial charge is 0.381 e. The molecule has 0 bridgehead atoms. The Kier molecular flexibility index (Phi) is 4.32. The molecular formula is C12H21NO3. The van der Waals surface area contributed by atoms with Gasteiger partial charge in [0, 0.05) is 32.2 Å². The van der Waals surface area contributed by atoms with E-state index in [0.29, 0.717) is 18.9 Å². The first-order valence-corrected chi connectivity index (χ1v) is 6.20. The first kappa shape index (κ1) is 12.0. The zero-order valence-corrected chi connectivity index (χ0v) is 9.98. The molecule has 2 aliphatic heterocycles. The number of rotatable bonds is 3. The Bertz CT molecular complexity index is 238. The van der Waals surface area contributed by atoms with Crippen molar-refractivity contribution in [1.29, 1.82) is 0 Å². The van der Waals surface area contributed by atoms with Gasteiger partial charge in [-0.3, -0.25) is 9.69 Å². The van der Waals surface area contributed by atoms with E-state index >= 15 is 0 Å². The molecule has 4 nitrogen and oxygen atoms in total. The lowest BCUT2D eigenvalue weighted by molar-refractivity contribution is -0.124. The van der Waals surface area contributed by atoms with Gasteiger partial charge in [-0.2, -0.15) is 0 Å². The van der Waals surface area contributed by atoms with Gasteiger partial charge in [-0.05, 0) is 19.8 Å². The van der Waals surface area contributed by atoms with Crippen LogP contribution in [0.5, 0.6) is 0 Å². The Hall–Kier alpha value is -0.450. The van der Waals surface area contributed by atoms with E-state index in [1.54, 1.807) is 0 Å². The molecule has 0 saturated carbocycles. The van der Waals surface area contributed by atoms with Gasteiger partial charge >= 0.3 is 0 Å². The number of carbonyl (C=O) groups is 1. The van der Waals surface area contributed by atoms with Crippen LogP contribution in [0.25, 0.3) is 0 Å². The molecule has 2 aliphatic rings. The minimum Gasteiger partial charge on any atom is -0.381 e. The molecule has 0 amide bonds. The van der Waals surface area contributed by atoms with Crippen LogP contribution in [0, 0.1) is 5.92 Å². The van der Waals surface area contributed by atoms with Gasteiger partial charge in [0.05, 0.1) is 19.3 Å². The molecule has 0 aromatic heterocycles. The minimum atomic E-state index is 0.138. The fourth-order valence-corrected chi connectivity index (χ4v) is 2.36. The summed E-state index contributed by atoms with van der Waals surface area (Å²) in [6.45, 7) is 6.68. The third-order valence-corrected chi connectivity index (χ3v) is 3.30. The summed E-state index contributed by atoms with van der Waals surface area (Å²) in [4.78, 5) is 14.2. The van der Waals surface area contributed by atoms with E-state index in [1.165, 1.54) is 0 Å². The van der Waals surface area contributed by atoms with Crippen molar-refractivity contribution in [3.8, 4) is 0 Å². The van der Waals surface area contributed by atoms with E-state index in [9.17, 15) is 4.79 Å². The van der Waals surface area contributed by atoms with Gasteiger partial charge in [-0.15, -0.1) is 0 Å². The van der Waals surface area contributed by atoms with Crippen LogP contribution < -0.4 is 0 Å². The van der Waals surface area contributed by atoms with Crippen molar-refractivity contribution in [2.75, 3.05) is 39.5 Å². The van der Waals surface area contributed by atoms with Crippen molar-refractivity contribution in [1.82, 2.24) is 4.90 Å². The van der Waals surface area contributed by atoms with Crippen molar-refractivity contribution in [2.45, 2.75) is 25.9 Å². The zero-order valence-electron chi connectivity index (χ0n) is 9.98. The lowest BCUT2D eigenvalue weighted by Gasteiger charge is -2.22. The summed E-state index contributed by atoms with van der Waals surface area (Å²) >= 11 is 0. The molecule has 0 radical (unpaired) electrons. The molecule has 0 spiro atoms. The van der Waals surface area contributed by atoms with Gasteiger partial charge in [-0.1, -0.05) is 0 Å². The average molecular weight is 227 g/mol. The lowest BCUT2D eigenvalue weighted by atomic mass is 10.0. The van der Waals surface area contributed by atoms with Crippen LogP contribution in [0.4, 0.5) is 0 Å². The number of hydrogen-bond acceptors (Lipinski definition) is 4. The van der Waals surface area contributed by atoms with Gasteiger partial charge in [0.15, 0.2) is 5.78 Å². The molecule has 16 heavy (non-hydrogen) atoms. The van der Waals surface area contributed by atoms with Gasteiger partial charge in [0.2, 0.25) is 0 Å². The van der Waals surface area contributed by atoms with Gasteiger partial charge in [0.25, 0.3) is 0 Å². The third-order valence-electron chi connectivity index (χ3n) is 3.30. The summed E-state index contributed by atoms with van der Waals surface area (Å²) < 4.78 is 10.8. The fraction of sp³-hybridized carbons (Fsp3) is 0.917. The maximum Gasteiger partial charge on any atom is 0.152 e. The average Bonchev–Trinajstić information content (AvgIpc) is 2.70. The minimum absolute atomic E-state index is 0.138. The molecule has 0 aromatic rings. The summed E-state index contributed by atoms with van der Waals surface area (Å²) in [6, 6.07) is 0. The molecule has 2 rings (SSSR count). The predicted octanol–water partition coefficient (Wildman–Crippen LogP) is 0.703. The Labute approximate surface area is 96.9 Å². The highest BCUT2D eigenvalue weighted by Crippen LogP contribution is 2.15. The van der Waals surface area contributed by atoms with Crippen molar-refractivity contribution < 1.29 is 14.3 Å². The molecule has 0 aromatic carbocycles. The van der Waals surface area contributed by atoms with E-state index in [-0.39, 0.29) is 12.0 Å². The summed E-state index contributed by atoms with van der Waals surface area (Å²) in [5.41, 5.74) is 0. The van der Waals surface area contributed by atoms with E-state index < -0.39 is 0 Å². The smallest absolute Gasteiger partial charge is 0.152 e. The van der Waals surface area contributed by atoms with Crippen molar-refractivity contribution in [3.05, 3.63) is 0 Å². The van der Waals surface area contributed by atoms with Crippen LogP contribution in [0.1, 0.15) is 19.8 Å². The topological polar surface area (TPSA) is 38.8 Å². The molecule has 2 heterocycles. The van der Waals surface area contributed by atoms with Crippen molar-refractivity contribution in [3.63, 3.8) is 0 Å². The monoisotopic (exact) mass is 227 g/mol. The summed E-state index contributed by atoms with van der Waals surface area (Å²) in [5.74, 6) is 0.478. The maximum absolute atomic E-state index is 12.0. The number of nitrogens with zero attached hydrogens (tertiary/aromatic N) is 1. The van der Waals surface area contributed by atoms with Crippen molar-refractivity contribution in [2.24, 2.45) is 5.92 Å². The molecule has 2 unspecified atom stereocenters.